The molecule has 0 bridgehead atoms. The summed E-state index contributed by atoms with van der Waals surface area (Å²) < 4.78 is 0. The molecular weight excluding hydrogens is 224 g/mol. The number of carbonyl (C=O) groups is 1. The Hall–Kier alpha value is -1.25. The summed E-state index contributed by atoms with van der Waals surface area (Å²) in [6.07, 6.45) is 7.18. The van der Waals surface area contributed by atoms with Gasteiger partial charge in [-0.15, -0.1) is 0 Å². The van der Waals surface area contributed by atoms with Crippen LogP contribution in [0.4, 0.5) is 0 Å². The molecular formula is C15H20N2O. The maximum absolute atomic E-state index is 11.3. The largest absolute Gasteiger partial charge is 0.300 e. The van der Waals surface area contributed by atoms with Crippen LogP contribution in [-0.2, 0) is 4.79 Å². The van der Waals surface area contributed by atoms with Gasteiger partial charge in [0.05, 0.1) is 0 Å². The zero-order chi connectivity index (χ0) is 12.5. The van der Waals surface area contributed by atoms with E-state index in [4.69, 9.17) is 4.98 Å². The molecule has 0 aliphatic heterocycles. The third-order valence-electron chi connectivity index (χ3n) is 4.32. The number of ketones is 1. The van der Waals surface area contributed by atoms with Crippen LogP contribution in [0.15, 0.2) is 6.07 Å². The van der Waals surface area contributed by atoms with Crippen LogP contribution in [0.25, 0.3) is 0 Å². The zero-order valence-electron chi connectivity index (χ0n) is 11.0. The predicted molar refractivity (Wildman–Crippen MR) is 69.6 cm³/mol. The van der Waals surface area contributed by atoms with E-state index in [0.717, 1.165) is 24.4 Å². The predicted octanol–water partition coefficient (Wildman–Crippen LogP) is 3.28. The van der Waals surface area contributed by atoms with Gasteiger partial charge in [-0.3, -0.25) is 4.79 Å². The summed E-state index contributed by atoms with van der Waals surface area (Å²) in [5.41, 5.74) is 2.32. The van der Waals surface area contributed by atoms with Crippen LogP contribution in [0.5, 0.6) is 0 Å². The van der Waals surface area contributed by atoms with E-state index in [0.29, 0.717) is 30.5 Å². The number of carbonyl (C=O) groups excluding carboxylic acids is 1. The Balaban J connectivity index is 1.82. The maximum Gasteiger partial charge on any atom is 0.132 e. The van der Waals surface area contributed by atoms with Gasteiger partial charge in [-0.25, -0.2) is 9.97 Å². The highest BCUT2D eigenvalue weighted by Gasteiger charge is 2.26. The number of Topliss-reactive ketones (excluding diaryl/α,β-unsaturated/α-hetero) is 1. The van der Waals surface area contributed by atoms with Crippen LogP contribution >= 0.6 is 0 Å². The third-order valence-corrected chi connectivity index (χ3v) is 4.32. The van der Waals surface area contributed by atoms with Gasteiger partial charge in [0.2, 0.25) is 0 Å². The van der Waals surface area contributed by atoms with Crippen molar-refractivity contribution in [1.82, 2.24) is 9.97 Å². The molecule has 0 amide bonds. The molecule has 2 fully saturated rings. The molecule has 0 N–H and O–H groups in total. The van der Waals surface area contributed by atoms with Gasteiger partial charge in [0.25, 0.3) is 0 Å². The van der Waals surface area contributed by atoms with Crippen molar-refractivity contribution in [3.63, 3.8) is 0 Å². The van der Waals surface area contributed by atoms with E-state index in [1.54, 1.807) is 0 Å². The quantitative estimate of drug-likeness (QED) is 0.801. The molecule has 0 radical (unpaired) electrons. The third kappa shape index (κ3) is 2.31. The number of aromatic nitrogens is 2. The molecule has 1 aromatic rings. The average molecular weight is 244 g/mol. The number of hydrogen-bond donors (Lipinski definition) is 0. The van der Waals surface area contributed by atoms with Crippen molar-refractivity contribution in [2.45, 2.75) is 63.7 Å². The highest BCUT2D eigenvalue weighted by molar-refractivity contribution is 5.79. The van der Waals surface area contributed by atoms with Crippen molar-refractivity contribution in [1.29, 1.82) is 0 Å². The lowest BCUT2D eigenvalue weighted by molar-refractivity contribution is -0.120. The minimum Gasteiger partial charge on any atom is -0.300 e. The van der Waals surface area contributed by atoms with Crippen LogP contribution in [0.3, 0.4) is 0 Å². The van der Waals surface area contributed by atoms with Crippen LogP contribution in [0.1, 0.15) is 74.0 Å². The number of aryl methyl sites for hydroxylation is 1. The summed E-state index contributed by atoms with van der Waals surface area (Å²) in [5.74, 6) is 2.46. The second kappa shape index (κ2) is 4.79. The van der Waals surface area contributed by atoms with E-state index in [-0.39, 0.29) is 0 Å². The summed E-state index contributed by atoms with van der Waals surface area (Å²) in [6.45, 7) is 2.06. The van der Waals surface area contributed by atoms with Gasteiger partial charge in [-0.2, -0.15) is 0 Å². The Bertz CT molecular complexity index is 456. The molecule has 0 unspecified atom stereocenters. The Labute approximate surface area is 108 Å². The highest BCUT2D eigenvalue weighted by Crippen LogP contribution is 2.36. The minimum atomic E-state index is 0.401. The minimum absolute atomic E-state index is 0.401. The second-order valence-corrected chi connectivity index (χ2v) is 5.73. The fourth-order valence-electron chi connectivity index (χ4n) is 2.91. The molecule has 18 heavy (non-hydrogen) atoms. The van der Waals surface area contributed by atoms with Crippen LogP contribution in [-0.4, -0.2) is 15.8 Å². The zero-order valence-corrected chi connectivity index (χ0v) is 11.0. The number of hydrogen-bond acceptors (Lipinski definition) is 3. The van der Waals surface area contributed by atoms with Crippen molar-refractivity contribution in [3.05, 3.63) is 23.3 Å². The Morgan fingerprint density at radius 3 is 2.39 bits per heavy atom. The topological polar surface area (TPSA) is 42.9 Å². The van der Waals surface area contributed by atoms with E-state index in [2.05, 4.69) is 18.0 Å². The first-order valence-corrected chi connectivity index (χ1v) is 7.09. The van der Waals surface area contributed by atoms with Crippen LogP contribution in [0, 0.1) is 6.92 Å². The smallest absolute Gasteiger partial charge is 0.132 e. The first kappa shape index (κ1) is 11.8. The molecule has 1 heterocycles. The average Bonchev–Trinajstić information content (AvgIpc) is 2.26. The molecule has 3 rings (SSSR count). The summed E-state index contributed by atoms with van der Waals surface area (Å²) >= 11 is 0. The maximum atomic E-state index is 11.3. The summed E-state index contributed by atoms with van der Waals surface area (Å²) in [6, 6.07) is 2.14. The lowest BCUT2D eigenvalue weighted by Gasteiger charge is -2.26. The molecule has 0 spiro atoms. The number of rotatable bonds is 2. The summed E-state index contributed by atoms with van der Waals surface area (Å²) in [5, 5.41) is 0. The lowest BCUT2D eigenvalue weighted by Crippen LogP contribution is -2.18. The van der Waals surface area contributed by atoms with Crippen molar-refractivity contribution in [2.75, 3.05) is 0 Å². The van der Waals surface area contributed by atoms with Gasteiger partial charge < -0.3 is 0 Å². The van der Waals surface area contributed by atoms with Crippen molar-refractivity contribution in [2.24, 2.45) is 0 Å². The Morgan fingerprint density at radius 2 is 1.78 bits per heavy atom. The molecule has 2 aliphatic rings. The van der Waals surface area contributed by atoms with Gasteiger partial charge in [-0.05, 0) is 38.7 Å². The van der Waals surface area contributed by atoms with Gasteiger partial charge in [0.1, 0.15) is 11.6 Å². The molecule has 1 aromatic heterocycles. The SMILES string of the molecule is Cc1cc(C2CCC2)nc(C2CCC(=O)CC2)n1. The van der Waals surface area contributed by atoms with E-state index >= 15 is 0 Å². The fraction of sp³-hybridized carbons (Fsp3) is 0.667. The Morgan fingerprint density at radius 1 is 1.06 bits per heavy atom. The monoisotopic (exact) mass is 244 g/mol. The van der Waals surface area contributed by atoms with Crippen LogP contribution < -0.4 is 0 Å². The first-order chi connectivity index (χ1) is 8.72. The molecule has 3 heteroatoms. The normalized spacial score (nSPS) is 21.9. The Kier molecular flexibility index (Phi) is 3.14. The van der Waals surface area contributed by atoms with E-state index < -0.39 is 0 Å². The summed E-state index contributed by atoms with van der Waals surface area (Å²) in [7, 11) is 0. The van der Waals surface area contributed by atoms with Crippen molar-refractivity contribution in [3.8, 4) is 0 Å². The molecule has 2 saturated carbocycles. The highest BCUT2D eigenvalue weighted by atomic mass is 16.1. The second-order valence-electron chi connectivity index (χ2n) is 5.73. The molecule has 0 atom stereocenters. The fourth-order valence-corrected chi connectivity index (χ4v) is 2.91. The lowest BCUT2D eigenvalue weighted by atomic mass is 9.82. The molecule has 3 nitrogen and oxygen atoms in total. The number of nitrogens with zero attached hydrogens (tertiary/aromatic N) is 2. The van der Waals surface area contributed by atoms with E-state index in [9.17, 15) is 4.79 Å². The van der Waals surface area contributed by atoms with Gasteiger partial charge in [-0.1, -0.05) is 6.42 Å². The van der Waals surface area contributed by atoms with Gasteiger partial charge in [0, 0.05) is 36.1 Å². The van der Waals surface area contributed by atoms with E-state index in [1.165, 1.54) is 25.0 Å². The molecule has 0 saturated heterocycles. The van der Waals surface area contributed by atoms with Gasteiger partial charge >= 0.3 is 0 Å². The molecule has 0 aromatic carbocycles. The van der Waals surface area contributed by atoms with Crippen molar-refractivity contribution < 1.29 is 4.79 Å². The van der Waals surface area contributed by atoms with Crippen molar-refractivity contribution >= 4 is 5.78 Å². The summed E-state index contributed by atoms with van der Waals surface area (Å²) in [4.78, 5) is 20.7. The first-order valence-electron chi connectivity index (χ1n) is 7.09. The molecule has 2 aliphatic carbocycles. The van der Waals surface area contributed by atoms with Gasteiger partial charge in [0.15, 0.2) is 0 Å². The van der Waals surface area contributed by atoms with E-state index in [1.807, 2.05) is 0 Å². The van der Waals surface area contributed by atoms with Crippen LogP contribution in [0.2, 0.25) is 0 Å². The standard InChI is InChI=1S/C15H20N2O/c1-10-9-14(11-3-2-4-11)17-15(16-10)12-5-7-13(18)8-6-12/h9,11-12H,2-8H2,1H3. The molecule has 96 valence electrons.